The van der Waals surface area contributed by atoms with Crippen molar-refractivity contribution in [3.63, 3.8) is 0 Å². The topological polar surface area (TPSA) is 77.3 Å². The fourth-order valence-corrected chi connectivity index (χ4v) is 3.21. The fourth-order valence-electron chi connectivity index (χ4n) is 3.21. The Morgan fingerprint density at radius 1 is 0.926 bits per heavy atom. The third-order valence-electron chi connectivity index (χ3n) is 4.86. The number of nitro groups is 1. The predicted octanol–water partition coefficient (Wildman–Crippen LogP) is 5.78. The highest BCUT2D eigenvalue weighted by Gasteiger charge is 2.24. The third kappa shape index (κ3) is 10.6. The Balaban J connectivity index is 2.24. The molecule has 0 N–H and O–H groups in total. The highest BCUT2D eigenvalue weighted by molar-refractivity contribution is 6.07. The maximum Gasteiger partial charge on any atom is 0.220 e. The van der Waals surface area contributed by atoms with Crippen molar-refractivity contribution in [1.82, 2.24) is 0 Å². The first-order chi connectivity index (χ1) is 13.0. The highest BCUT2D eigenvalue weighted by atomic mass is 16.6. The van der Waals surface area contributed by atoms with Gasteiger partial charge in [0.2, 0.25) is 6.04 Å². The Kier molecular flexibility index (Phi) is 12.0. The fraction of sp³-hybridized carbons (Fsp3) is 0.636. The van der Waals surface area contributed by atoms with Crippen LogP contribution in [-0.2, 0) is 4.79 Å². The summed E-state index contributed by atoms with van der Waals surface area (Å²) < 4.78 is 0. The number of ketones is 2. The van der Waals surface area contributed by atoms with Gasteiger partial charge in [-0.15, -0.1) is 0 Å². The minimum absolute atomic E-state index is 0.150. The molecule has 0 radical (unpaired) electrons. The van der Waals surface area contributed by atoms with Gasteiger partial charge in [0.05, 0.1) is 12.8 Å². The summed E-state index contributed by atoms with van der Waals surface area (Å²) in [7, 11) is 0. The van der Waals surface area contributed by atoms with Crippen LogP contribution < -0.4 is 0 Å². The average molecular weight is 376 g/mol. The highest BCUT2D eigenvalue weighted by Crippen LogP contribution is 2.15. The van der Waals surface area contributed by atoms with Crippen molar-refractivity contribution in [3.8, 4) is 0 Å². The summed E-state index contributed by atoms with van der Waals surface area (Å²) in [6.07, 6.45) is 10.4. The number of carbonyl (C=O) groups is 2. The normalized spacial score (nSPS) is 11.9. The maximum atomic E-state index is 12.1. The summed E-state index contributed by atoms with van der Waals surface area (Å²) in [5.74, 6) is -0.618. The van der Waals surface area contributed by atoms with Gasteiger partial charge in [-0.25, -0.2) is 0 Å². The molecule has 0 saturated heterocycles. The van der Waals surface area contributed by atoms with Gasteiger partial charge < -0.3 is 0 Å². The maximum absolute atomic E-state index is 12.1. The number of rotatable bonds is 16. The summed E-state index contributed by atoms with van der Waals surface area (Å²) in [5, 5.41) is 11.2. The van der Waals surface area contributed by atoms with Gasteiger partial charge in [0.1, 0.15) is 5.78 Å². The Bertz CT molecular complexity index is 571. The van der Waals surface area contributed by atoms with Crippen molar-refractivity contribution in [1.29, 1.82) is 0 Å². The molecule has 1 rings (SSSR count). The van der Waals surface area contributed by atoms with Gasteiger partial charge >= 0.3 is 0 Å². The zero-order valence-electron chi connectivity index (χ0n) is 16.5. The molecule has 0 fully saturated rings. The summed E-state index contributed by atoms with van der Waals surface area (Å²) in [6.45, 7) is 2.20. The summed E-state index contributed by atoms with van der Waals surface area (Å²) in [4.78, 5) is 35.0. The molecule has 0 amide bonds. The molecular formula is C22H33NO4. The molecular weight excluding hydrogens is 342 g/mol. The molecule has 0 saturated carbocycles. The van der Waals surface area contributed by atoms with E-state index in [1.807, 2.05) is 0 Å². The molecule has 1 unspecified atom stereocenters. The second-order valence-corrected chi connectivity index (χ2v) is 7.27. The lowest BCUT2D eigenvalue weighted by atomic mass is 9.98. The van der Waals surface area contributed by atoms with Crippen LogP contribution in [-0.4, -0.2) is 22.5 Å². The van der Waals surface area contributed by atoms with Crippen molar-refractivity contribution < 1.29 is 14.5 Å². The second-order valence-electron chi connectivity index (χ2n) is 7.27. The van der Waals surface area contributed by atoms with Gasteiger partial charge in [0, 0.05) is 16.9 Å². The molecule has 0 aromatic heterocycles. The van der Waals surface area contributed by atoms with Gasteiger partial charge in [0.15, 0.2) is 5.78 Å². The molecule has 5 nitrogen and oxygen atoms in total. The molecule has 0 bridgehead atoms. The van der Waals surface area contributed by atoms with E-state index in [1.165, 1.54) is 38.5 Å². The Hall–Kier alpha value is -2.04. The summed E-state index contributed by atoms with van der Waals surface area (Å²) in [6, 6.07) is 7.71. The molecule has 0 aliphatic heterocycles. The van der Waals surface area contributed by atoms with Gasteiger partial charge in [-0.2, -0.15) is 0 Å². The number of carbonyl (C=O) groups excluding carboxylic acids is 2. The Morgan fingerprint density at radius 2 is 1.48 bits per heavy atom. The smallest absolute Gasteiger partial charge is 0.220 e. The van der Waals surface area contributed by atoms with Crippen LogP contribution >= 0.6 is 0 Å². The molecule has 0 aliphatic rings. The first-order valence-electron chi connectivity index (χ1n) is 10.3. The summed E-state index contributed by atoms with van der Waals surface area (Å²) in [5.41, 5.74) is 0.474. The van der Waals surface area contributed by atoms with Crippen molar-refractivity contribution in [2.75, 3.05) is 0 Å². The first kappa shape index (κ1) is 23.0. The Labute approximate surface area is 162 Å². The van der Waals surface area contributed by atoms with E-state index in [0.717, 1.165) is 19.3 Å². The number of unbranched alkanes of at least 4 members (excludes halogenated alkanes) is 8. The standard InChI is InChI=1S/C22H33NO4/c1-2-3-4-5-6-7-8-9-13-16-20(23(26)27)17-21(24)18-22(25)19-14-11-10-12-15-19/h10-12,14-15,20H,2-9,13,16-18H2,1H3. The molecule has 0 spiro atoms. The molecule has 0 aliphatic carbocycles. The summed E-state index contributed by atoms with van der Waals surface area (Å²) >= 11 is 0. The zero-order chi connectivity index (χ0) is 19.9. The first-order valence-corrected chi connectivity index (χ1v) is 10.3. The van der Waals surface area contributed by atoms with Crippen LogP contribution in [0.1, 0.15) is 94.3 Å². The van der Waals surface area contributed by atoms with E-state index in [9.17, 15) is 19.7 Å². The van der Waals surface area contributed by atoms with Gasteiger partial charge in [-0.05, 0) is 6.42 Å². The van der Waals surface area contributed by atoms with Gasteiger partial charge in [-0.1, -0.05) is 88.6 Å². The monoisotopic (exact) mass is 375 g/mol. The average Bonchev–Trinajstić information content (AvgIpc) is 2.66. The van der Waals surface area contributed by atoms with E-state index in [2.05, 4.69) is 6.92 Å². The van der Waals surface area contributed by atoms with E-state index in [-0.39, 0.29) is 29.3 Å². The van der Waals surface area contributed by atoms with Crippen LogP contribution in [0.5, 0.6) is 0 Å². The molecule has 0 heterocycles. The van der Waals surface area contributed by atoms with Gasteiger partial charge in [0.25, 0.3) is 0 Å². The lowest BCUT2D eigenvalue weighted by Crippen LogP contribution is -2.24. The van der Waals surface area contributed by atoms with Crippen molar-refractivity contribution >= 4 is 11.6 Å². The van der Waals surface area contributed by atoms with E-state index in [0.29, 0.717) is 12.0 Å². The zero-order valence-corrected chi connectivity index (χ0v) is 16.5. The number of benzene rings is 1. The molecule has 27 heavy (non-hydrogen) atoms. The molecule has 1 aromatic rings. The predicted molar refractivity (Wildman–Crippen MR) is 108 cm³/mol. The SMILES string of the molecule is CCCCCCCCCCCC(CC(=O)CC(=O)c1ccccc1)[N+](=O)[O-]. The van der Waals surface area contributed by atoms with Crippen LogP contribution in [0.2, 0.25) is 0 Å². The van der Waals surface area contributed by atoms with Gasteiger partial charge in [-0.3, -0.25) is 19.7 Å². The lowest BCUT2D eigenvalue weighted by Gasteiger charge is -2.09. The minimum Gasteiger partial charge on any atom is -0.299 e. The van der Waals surface area contributed by atoms with Crippen molar-refractivity contribution in [3.05, 3.63) is 46.0 Å². The molecule has 1 atom stereocenters. The van der Waals surface area contributed by atoms with Crippen molar-refractivity contribution in [2.24, 2.45) is 0 Å². The number of hydrogen-bond donors (Lipinski definition) is 0. The largest absolute Gasteiger partial charge is 0.299 e. The molecule has 1 aromatic carbocycles. The van der Waals surface area contributed by atoms with Crippen LogP contribution in [0.4, 0.5) is 0 Å². The molecule has 5 heteroatoms. The van der Waals surface area contributed by atoms with Crippen LogP contribution in [0.15, 0.2) is 30.3 Å². The number of hydrogen-bond acceptors (Lipinski definition) is 4. The van der Waals surface area contributed by atoms with E-state index < -0.39 is 6.04 Å². The van der Waals surface area contributed by atoms with E-state index in [1.54, 1.807) is 30.3 Å². The number of nitrogens with zero attached hydrogens (tertiary/aromatic N) is 1. The van der Waals surface area contributed by atoms with Crippen molar-refractivity contribution in [2.45, 2.75) is 90.0 Å². The van der Waals surface area contributed by atoms with Crippen LogP contribution in [0, 0.1) is 10.1 Å². The third-order valence-corrected chi connectivity index (χ3v) is 4.86. The van der Waals surface area contributed by atoms with Crippen LogP contribution in [0.3, 0.4) is 0 Å². The number of Topliss-reactive ketones (excluding diaryl/α,β-unsaturated/α-hetero) is 2. The van der Waals surface area contributed by atoms with E-state index >= 15 is 0 Å². The minimum atomic E-state index is -0.870. The molecule has 150 valence electrons. The lowest BCUT2D eigenvalue weighted by molar-refractivity contribution is -0.522. The van der Waals surface area contributed by atoms with E-state index in [4.69, 9.17) is 0 Å². The second kappa shape index (κ2) is 14.1. The Morgan fingerprint density at radius 3 is 2.04 bits per heavy atom. The quantitative estimate of drug-likeness (QED) is 0.120. The van der Waals surface area contributed by atoms with Crippen LogP contribution in [0.25, 0.3) is 0 Å².